The van der Waals surface area contributed by atoms with Gasteiger partial charge in [0.1, 0.15) is 5.82 Å². The number of halogens is 1. The molecule has 1 aliphatic heterocycles. The summed E-state index contributed by atoms with van der Waals surface area (Å²) in [5.41, 5.74) is 0.570. The first-order valence-corrected chi connectivity index (χ1v) is 6.88. The van der Waals surface area contributed by atoms with Crippen molar-refractivity contribution < 1.29 is 4.79 Å². The van der Waals surface area contributed by atoms with Crippen LogP contribution >= 0.6 is 11.6 Å². The minimum Gasteiger partial charge on any atom is -0.350 e. The number of H-pyrrole nitrogens is 1. The molecule has 1 aliphatic rings. The summed E-state index contributed by atoms with van der Waals surface area (Å²) in [6.07, 6.45) is 3.80. The zero-order valence-electron chi connectivity index (χ0n) is 11.1. The monoisotopic (exact) mass is 294 g/mol. The molecule has 1 fully saturated rings. The number of hydrogen-bond acceptors (Lipinski definition) is 5. The number of aromatic nitrogens is 4. The Morgan fingerprint density at radius 2 is 2.20 bits per heavy atom. The summed E-state index contributed by atoms with van der Waals surface area (Å²) in [4.78, 5) is 24.1. The molecule has 0 bridgehead atoms. The molecular formula is C12H15ClN6O. The first-order chi connectivity index (χ1) is 9.65. The SMILES string of the molecule is CN(CC(=O)N1CCCC1)c1nc(Cl)nc2[nH]ncc12. The standard InChI is InChI=1S/C12H15ClN6O/c1-18(7-9(20)19-4-2-3-5-19)11-8-6-14-17-10(8)15-12(13)16-11/h6H,2-5,7H2,1H3,(H,14,15,16,17). The maximum absolute atomic E-state index is 12.2. The molecule has 2 aromatic heterocycles. The molecule has 1 amide bonds. The van der Waals surface area contributed by atoms with Gasteiger partial charge < -0.3 is 9.80 Å². The summed E-state index contributed by atoms with van der Waals surface area (Å²) >= 11 is 5.90. The fourth-order valence-electron chi connectivity index (χ4n) is 2.43. The van der Waals surface area contributed by atoms with Crippen LogP contribution in [0.5, 0.6) is 0 Å². The molecule has 0 spiro atoms. The Kier molecular flexibility index (Phi) is 3.43. The summed E-state index contributed by atoms with van der Waals surface area (Å²) in [5, 5.41) is 7.58. The van der Waals surface area contributed by atoms with Crippen LogP contribution in [-0.4, -0.2) is 57.7 Å². The highest BCUT2D eigenvalue weighted by Gasteiger charge is 2.21. The van der Waals surface area contributed by atoms with Gasteiger partial charge in [-0.2, -0.15) is 15.1 Å². The van der Waals surface area contributed by atoms with E-state index >= 15 is 0 Å². The molecule has 0 saturated carbocycles. The predicted octanol–water partition coefficient (Wildman–Crippen LogP) is 1.06. The van der Waals surface area contributed by atoms with Crippen molar-refractivity contribution in [3.63, 3.8) is 0 Å². The normalized spacial score (nSPS) is 15.0. The van der Waals surface area contributed by atoms with Crippen molar-refractivity contribution >= 4 is 34.4 Å². The third kappa shape index (κ3) is 2.40. The van der Waals surface area contributed by atoms with Gasteiger partial charge in [-0.3, -0.25) is 9.89 Å². The van der Waals surface area contributed by atoms with E-state index in [-0.39, 0.29) is 17.7 Å². The Morgan fingerprint density at radius 3 is 2.95 bits per heavy atom. The van der Waals surface area contributed by atoms with Crippen molar-refractivity contribution in [2.75, 3.05) is 31.6 Å². The number of rotatable bonds is 3. The smallest absolute Gasteiger partial charge is 0.242 e. The van der Waals surface area contributed by atoms with Gasteiger partial charge in [-0.05, 0) is 24.4 Å². The number of hydrogen-bond donors (Lipinski definition) is 1. The Morgan fingerprint density at radius 1 is 1.45 bits per heavy atom. The molecule has 0 radical (unpaired) electrons. The van der Waals surface area contributed by atoms with Gasteiger partial charge in [-0.15, -0.1) is 0 Å². The van der Waals surface area contributed by atoms with E-state index in [2.05, 4.69) is 20.2 Å². The zero-order valence-corrected chi connectivity index (χ0v) is 11.9. The molecule has 0 unspecified atom stereocenters. The van der Waals surface area contributed by atoms with Crippen LogP contribution in [0, 0.1) is 0 Å². The van der Waals surface area contributed by atoms with Crippen molar-refractivity contribution in [3.05, 3.63) is 11.5 Å². The van der Waals surface area contributed by atoms with Gasteiger partial charge in [0, 0.05) is 20.1 Å². The molecule has 20 heavy (non-hydrogen) atoms. The van der Waals surface area contributed by atoms with Crippen LogP contribution in [0.1, 0.15) is 12.8 Å². The lowest BCUT2D eigenvalue weighted by Crippen LogP contribution is -2.37. The molecule has 1 N–H and O–H groups in total. The molecule has 8 heteroatoms. The quantitative estimate of drug-likeness (QED) is 0.857. The van der Waals surface area contributed by atoms with Crippen LogP contribution in [0.4, 0.5) is 5.82 Å². The Bertz CT molecular complexity index is 636. The largest absolute Gasteiger partial charge is 0.350 e. The average molecular weight is 295 g/mol. The molecule has 0 atom stereocenters. The average Bonchev–Trinajstić information content (AvgIpc) is 3.08. The number of nitrogens with one attached hydrogen (secondary N) is 1. The summed E-state index contributed by atoms with van der Waals surface area (Å²) < 4.78 is 0. The van der Waals surface area contributed by atoms with Gasteiger partial charge in [-0.1, -0.05) is 0 Å². The van der Waals surface area contributed by atoms with E-state index < -0.39 is 0 Å². The maximum Gasteiger partial charge on any atom is 0.242 e. The molecule has 0 aliphatic carbocycles. The number of likely N-dealkylation sites (N-methyl/N-ethyl adjacent to an activating group) is 1. The number of fused-ring (bicyclic) bond motifs is 1. The van der Waals surface area contributed by atoms with Crippen LogP contribution in [0.25, 0.3) is 11.0 Å². The van der Waals surface area contributed by atoms with E-state index in [1.807, 2.05) is 11.9 Å². The van der Waals surface area contributed by atoms with Crippen molar-refractivity contribution in [1.82, 2.24) is 25.1 Å². The van der Waals surface area contributed by atoms with Crippen molar-refractivity contribution in [1.29, 1.82) is 0 Å². The predicted molar refractivity (Wildman–Crippen MR) is 75.8 cm³/mol. The summed E-state index contributed by atoms with van der Waals surface area (Å²) in [5.74, 6) is 0.720. The number of anilines is 1. The topological polar surface area (TPSA) is 78.0 Å². The van der Waals surface area contributed by atoms with E-state index in [0.29, 0.717) is 11.5 Å². The van der Waals surface area contributed by atoms with Crippen molar-refractivity contribution in [3.8, 4) is 0 Å². The lowest BCUT2D eigenvalue weighted by molar-refractivity contribution is -0.128. The van der Waals surface area contributed by atoms with Crippen molar-refractivity contribution in [2.45, 2.75) is 12.8 Å². The van der Waals surface area contributed by atoms with Crippen LogP contribution < -0.4 is 4.90 Å². The van der Waals surface area contributed by atoms with Gasteiger partial charge in [0.2, 0.25) is 11.2 Å². The lowest BCUT2D eigenvalue weighted by Gasteiger charge is -2.22. The minimum atomic E-state index is 0.108. The Balaban J connectivity index is 1.82. The Labute approximate surface area is 120 Å². The zero-order chi connectivity index (χ0) is 14.1. The van der Waals surface area contributed by atoms with Gasteiger partial charge in [0.15, 0.2) is 5.65 Å². The number of aromatic amines is 1. The second-order valence-electron chi connectivity index (χ2n) is 4.89. The van der Waals surface area contributed by atoms with Crippen LogP contribution in [0.2, 0.25) is 5.28 Å². The first kappa shape index (κ1) is 13.1. The molecule has 2 aromatic rings. The van der Waals surface area contributed by atoms with E-state index in [0.717, 1.165) is 31.3 Å². The molecule has 0 aromatic carbocycles. The fourth-order valence-corrected chi connectivity index (χ4v) is 2.59. The maximum atomic E-state index is 12.2. The highest BCUT2D eigenvalue weighted by Crippen LogP contribution is 2.23. The lowest BCUT2D eigenvalue weighted by atomic mass is 10.3. The van der Waals surface area contributed by atoms with Gasteiger partial charge in [0.25, 0.3) is 0 Å². The van der Waals surface area contributed by atoms with E-state index in [9.17, 15) is 4.79 Å². The molecule has 106 valence electrons. The van der Waals surface area contributed by atoms with Gasteiger partial charge in [-0.25, -0.2) is 0 Å². The summed E-state index contributed by atoms with van der Waals surface area (Å²) in [6, 6.07) is 0. The van der Waals surface area contributed by atoms with Crippen LogP contribution in [0.3, 0.4) is 0 Å². The summed E-state index contributed by atoms with van der Waals surface area (Å²) in [6.45, 7) is 1.96. The second-order valence-corrected chi connectivity index (χ2v) is 5.23. The second kappa shape index (κ2) is 5.24. The molecule has 7 nitrogen and oxygen atoms in total. The molecule has 3 heterocycles. The molecular weight excluding hydrogens is 280 g/mol. The third-order valence-electron chi connectivity index (χ3n) is 3.46. The molecule has 1 saturated heterocycles. The third-order valence-corrected chi connectivity index (χ3v) is 3.62. The number of likely N-dealkylation sites (tertiary alicyclic amines) is 1. The number of nitrogens with zero attached hydrogens (tertiary/aromatic N) is 5. The van der Waals surface area contributed by atoms with Crippen LogP contribution in [0.15, 0.2) is 6.20 Å². The minimum absolute atomic E-state index is 0.108. The number of carbonyl (C=O) groups is 1. The van der Waals surface area contributed by atoms with Crippen LogP contribution in [-0.2, 0) is 4.79 Å². The Hall–Kier alpha value is -1.89. The highest BCUT2D eigenvalue weighted by atomic mass is 35.5. The van der Waals surface area contributed by atoms with E-state index in [1.165, 1.54) is 0 Å². The van der Waals surface area contributed by atoms with E-state index in [4.69, 9.17) is 11.6 Å². The fraction of sp³-hybridized carbons (Fsp3) is 0.500. The first-order valence-electron chi connectivity index (χ1n) is 6.50. The van der Waals surface area contributed by atoms with E-state index in [1.54, 1.807) is 11.1 Å². The van der Waals surface area contributed by atoms with Crippen molar-refractivity contribution in [2.24, 2.45) is 0 Å². The number of carbonyl (C=O) groups excluding carboxylic acids is 1. The number of amides is 1. The highest BCUT2D eigenvalue weighted by molar-refractivity contribution is 6.28. The summed E-state index contributed by atoms with van der Waals surface area (Å²) in [7, 11) is 1.82. The molecule has 3 rings (SSSR count). The van der Waals surface area contributed by atoms with Gasteiger partial charge in [0.05, 0.1) is 18.1 Å². The van der Waals surface area contributed by atoms with Gasteiger partial charge >= 0.3 is 0 Å².